The highest BCUT2D eigenvalue weighted by molar-refractivity contribution is 5.91. The van der Waals surface area contributed by atoms with Crippen LogP contribution in [0.5, 0.6) is 11.5 Å². The minimum atomic E-state index is -0.369. The summed E-state index contributed by atoms with van der Waals surface area (Å²) in [5, 5.41) is 0. The molecule has 0 saturated carbocycles. The molecule has 2 heterocycles. The number of hydrogen-bond donors (Lipinski definition) is 0. The summed E-state index contributed by atoms with van der Waals surface area (Å²) in [6.07, 6.45) is 4.08. The fourth-order valence-corrected chi connectivity index (χ4v) is 4.09. The maximum absolute atomic E-state index is 11.9. The van der Waals surface area contributed by atoms with Crippen LogP contribution < -0.4 is 9.47 Å². The standard InChI is InChI=1S/C29H24N2O4/c1-33-24-13-22(14-25(16-24)34-2)23-15-26(19-9-11-21(12-10-19)29(32)35-3)28-30-27(18-31(28)17-23)20-7-5-4-6-8-20/h4-18H,1-3H3. The van der Waals surface area contributed by atoms with E-state index >= 15 is 0 Å². The van der Waals surface area contributed by atoms with Crippen molar-refractivity contribution in [3.63, 3.8) is 0 Å². The molecule has 174 valence electrons. The van der Waals surface area contributed by atoms with Crippen LogP contribution in [0, 0.1) is 0 Å². The first kappa shape index (κ1) is 22.2. The third kappa shape index (κ3) is 4.34. The zero-order valence-electron chi connectivity index (χ0n) is 19.7. The van der Waals surface area contributed by atoms with E-state index in [-0.39, 0.29) is 5.97 Å². The second-order valence-corrected chi connectivity index (χ2v) is 8.04. The van der Waals surface area contributed by atoms with Gasteiger partial charge in [-0.2, -0.15) is 0 Å². The third-order valence-electron chi connectivity index (χ3n) is 5.92. The number of carbonyl (C=O) groups excluding carboxylic acids is 1. The number of hydrogen-bond acceptors (Lipinski definition) is 5. The number of carbonyl (C=O) groups is 1. The number of fused-ring (bicyclic) bond motifs is 1. The lowest BCUT2D eigenvalue weighted by Crippen LogP contribution is -2.00. The molecule has 35 heavy (non-hydrogen) atoms. The monoisotopic (exact) mass is 464 g/mol. The normalized spacial score (nSPS) is 10.8. The number of pyridine rings is 1. The average Bonchev–Trinajstić information content (AvgIpc) is 3.36. The van der Waals surface area contributed by atoms with Crippen molar-refractivity contribution in [3.05, 3.63) is 96.8 Å². The molecule has 0 spiro atoms. The van der Waals surface area contributed by atoms with Crippen LogP contribution in [0.25, 0.3) is 39.2 Å². The van der Waals surface area contributed by atoms with Crippen molar-refractivity contribution in [3.8, 4) is 45.0 Å². The molecule has 0 N–H and O–H groups in total. The molecule has 0 atom stereocenters. The molecule has 6 nitrogen and oxygen atoms in total. The first-order valence-corrected chi connectivity index (χ1v) is 11.1. The van der Waals surface area contributed by atoms with Crippen LogP contribution in [-0.4, -0.2) is 36.7 Å². The van der Waals surface area contributed by atoms with Gasteiger partial charge in [0.1, 0.15) is 17.1 Å². The molecule has 0 aliphatic carbocycles. The molecule has 0 radical (unpaired) electrons. The van der Waals surface area contributed by atoms with Crippen LogP contribution in [0.2, 0.25) is 0 Å². The highest BCUT2D eigenvalue weighted by Crippen LogP contribution is 2.35. The van der Waals surface area contributed by atoms with Crippen LogP contribution >= 0.6 is 0 Å². The number of esters is 1. The summed E-state index contributed by atoms with van der Waals surface area (Å²) in [6, 6.07) is 25.3. The van der Waals surface area contributed by atoms with Crippen LogP contribution in [0.15, 0.2) is 91.3 Å². The Balaban J connectivity index is 1.72. The molecule has 3 aromatic carbocycles. The Kier molecular flexibility index (Phi) is 5.94. The van der Waals surface area contributed by atoms with E-state index in [1.165, 1.54) is 7.11 Å². The Morgan fingerprint density at radius 2 is 1.40 bits per heavy atom. The zero-order valence-corrected chi connectivity index (χ0v) is 19.7. The molecule has 0 amide bonds. The first-order valence-electron chi connectivity index (χ1n) is 11.1. The number of rotatable bonds is 6. The van der Waals surface area contributed by atoms with Gasteiger partial charge in [-0.05, 0) is 47.0 Å². The van der Waals surface area contributed by atoms with E-state index in [2.05, 4.69) is 12.3 Å². The van der Waals surface area contributed by atoms with E-state index in [1.807, 2.05) is 71.3 Å². The molecule has 0 aliphatic heterocycles. The maximum atomic E-state index is 11.9. The average molecular weight is 465 g/mol. The predicted molar refractivity (Wildman–Crippen MR) is 136 cm³/mol. The second kappa shape index (κ2) is 9.35. The van der Waals surface area contributed by atoms with Gasteiger partial charge in [-0.3, -0.25) is 0 Å². The summed E-state index contributed by atoms with van der Waals surface area (Å²) in [7, 11) is 4.65. The highest BCUT2D eigenvalue weighted by atomic mass is 16.5. The van der Waals surface area contributed by atoms with Crippen molar-refractivity contribution in [2.75, 3.05) is 21.3 Å². The molecular weight excluding hydrogens is 440 g/mol. The van der Waals surface area contributed by atoms with Crippen LogP contribution in [0.3, 0.4) is 0 Å². The summed E-state index contributed by atoms with van der Waals surface area (Å²) in [5.74, 6) is 1.05. The Morgan fingerprint density at radius 3 is 2.03 bits per heavy atom. The number of benzene rings is 3. The first-order chi connectivity index (χ1) is 17.1. The van der Waals surface area contributed by atoms with Crippen molar-refractivity contribution in [2.24, 2.45) is 0 Å². The molecule has 0 saturated heterocycles. The van der Waals surface area contributed by atoms with Crippen LogP contribution in [-0.2, 0) is 4.74 Å². The highest BCUT2D eigenvalue weighted by Gasteiger charge is 2.15. The minimum absolute atomic E-state index is 0.369. The molecule has 6 heteroatoms. The lowest BCUT2D eigenvalue weighted by molar-refractivity contribution is 0.0600. The van der Waals surface area contributed by atoms with Gasteiger partial charge < -0.3 is 18.6 Å². The van der Waals surface area contributed by atoms with Gasteiger partial charge in [0.15, 0.2) is 0 Å². The summed E-state index contributed by atoms with van der Waals surface area (Å²) >= 11 is 0. The SMILES string of the molecule is COC(=O)c1ccc(-c2cc(-c3cc(OC)cc(OC)c3)cn3cc(-c4ccccc4)nc23)cc1. The molecule has 0 bridgehead atoms. The van der Waals surface area contributed by atoms with Gasteiger partial charge in [-0.25, -0.2) is 9.78 Å². The van der Waals surface area contributed by atoms with E-state index < -0.39 is 0 Å². The molecule has 5 aromatic rings. The Morgan fingerprint density at radius 1 is 0.714 bits per heavy atom. The number of imidazole rings is 1. The van der Waals surface area contributed by atoms with Crippen molar-refractivity contribution in [1.29, 1.82) is 0 Å². The Bertz CT molecular complexity index is 1480. The Hall–Kier alpha value is -4.58. The molecule has 0 aliphatic rings. The fourth-order valence-electron chi connectivity index (χ4n) is 4.09. The number of ether oxygens (including phenoxy) is 3. The van der Waals surface area contributed by atoms with Gasteiger partial charge in [0, 0.05) is 29.6 Å². The van der Waals surface area contributed by atoms with Gasteiger partial charge in [0.25, 0.3) is 0 Å². The zero-order chi connectivity index (χ0) is 24.4. The fraction of sp³-hybridized carbons (Fsp3) is 0.103. The second-order valence-electron chi connectivity index (χ2n) is 8.04. The van der Waals surface area contributed by atoms with Gasteiger partial charge in [-0.1, -0.05) is 42.5 Å². The summed E-state index contributed by atoms with van der Waals surface area (Å²) < 4.78 is 17.9. The van der Waals surface area contributed by atoms with Crippen LogP contribution in [0.1, 0.15) is 10.4 Å². The van der Waals surface area contributed by atoms with Crippen molar-refractivity contribution < 1.29 is 19.0 Å². The lowest BCUT2D eigenvalue weighted by Gasteiger charge is -2.12. The van der Waals surface area contributed by atoms with E-state index in [9.17, 15) is 4.79 Å². The van der Waals surface area contributed by atoms with Gasteiger partial charge in [0.05, 0.1) is 32.6 Å². The molecule has 0 unspecified atom stereocenters. The molecular formula is C29H24N2O4. The lowest BCUT2D eigenvalue weighted by atomic mass is 10.00. The topological polar surface area (TPSA) is 62.1 Å². The smallest absolute Gasteiger partial charge is 0.337 e. The summed E-state index contributed by atoms with van der Waals surface area (Å²) in [5.41, 5.74) is 7.01. The van der Waals surface area contributed by atoms with E-state index in [0.29, 0.717) is 17.1 Å². The van der Waals surface area contributed by atoms with E-state index in [1.54, 1.807) is 26.4 Å². The van der Waals surface area contributed by atoms with Crippen molar-refractivity contribution in [2.45, 2.75) is 0 Å². The molecule has 5 rings (SSSR count). The van der Waals surface area contributed by atoms with Gasteiger partial charge in [-0.15, -0.1) is 0 Å². The van der Waals surface area contributed by atoms with Gasteiger partial charge >= 0.3 is 5.97 Å². The van der Waals surface area contributed by atoms with E-state index in [4.69, 9.17) is 19.2 Å². The predicted octanol–water partition coefficient (Wildman–Crippen LogP) is 6.14. The van der Waals surface area contributed by atoms with Crippen LogP contribution in [0.4, 0.5) is 0 Å². The van der Waals surface area contributed by atoms with Crippen molar-refractivity contribution >= 4 is 11.6 Å². The molecule has 2 aromatic heterocycles. The third-order valence-corrected chi connectivity index (χ3v) is 5.92. The number of nitrogens with zero attached hydrogens (tertiary/aromatic N) is 2. The van der Waals surface area contributed by atoms with E-state index in [0.717, 1.165) is 39.2 Å². The van der Waals surface area contributed by atoms with Crippen molar-refractivity contribution in [1.82, 2.24) is 9.38 Å². The summed E-state index contributed by atoms with van der Waals surface area (Å²) in [6.45, 7) is 0. The number of aromatic nitrogens is 2. The summed E-state index contributed by atoms with van der Waals surface area (Å²) in [4.78, 5) is 16.9. The number of methoxy groups -OCH3 is 3. The largest absolute Gasteiger partial charge is 0.497 e. The van der Waals surface area contributed by atoms with Gasteiger partial charge in [0.2, 0.25) is 0 Å². The minimum Gasteiger partial charge on any atom is -0.497 e. The Labute approximate surface area is 203 Å². The maximum Gasteiger partial charge on any atom is 0.337 e. The quantitative estimate of drug-likeness (QED) is 0.283. The molecule has 0 fully saturated rings.